The van der Waals surface area contributed by atoms with Gasteiger partial charge in [0.2, 0.25) is 0 Å². The molecule has 3 aromatic rings. The SMILES string of the molecule is Cc1nc(Cc2ccc(N3Cc4ncccc4C3=O)cc2)n[nH]1. The molecule has 0 aliphatic carbocycles. The van der Waals surface area contributed by atoms with Gasteiger partial charge in [-0.1, -0.05) is 12.1 Å². The number of aromatic amines is 1. The van der Waals surface area contributed by atoms with E-state index in [1.807, 2.05) is 37.3 Å². The van der Waals surface area contributed by atoms with Crippen molar-refractivity contribution >= 4 is 11.6 Å². The number of hydrogen-bond acceptors (Lipinski definition) is 4. The Labute approximate surface area is 133 Å². The van der Waals surface area contributed by atoms with Crippen LogP contribution in [0, 0.1) is 6.92 Å². The second kappa shape index (κ2) is 5.31. The van der Waals surface area contributed by atoms with Crippen LogP contribution in [-0.2, 0) is 13.0 Å². The van der Waals surface area contributed by atoms with Crippen LogP contribution < -0.4 is 4.90 Å². The molecule has 1 aromatic carbocycles. The van der Waals surface area contributed by atoms with Gasteiger partial charge in [0.1, 0.15) is 5.82 Å². The number of carbonyl (C=O) groups excluding carboxylic acids is 1. The molecule has 0 saturated carbocycles. The number of anilines is 1. The lowest BCUT2D eigenvalue weighted by atomic mass is 10.1. The number of H-pyrrole nitrogens is 1. The number of carbonyl (C=O) groups is 1. The fourth-order valence-electron chi connectivity index (χ4n) is 2.78. The molecule has 6 nitrogen and oxygen atoms in total. The van der Waals surface area contributed by atoms with Gasteiger partial charge < -0.3 is 4.90 Å². The molecular weight excluding hydrogens is 290 g/mol. The van der Waals surface area contributed by atoms with Gasteiger partial charge >= 0.3 is 0 Å². The standard InChI is InChI=1S/C17H15N5O/c1-11-19-16(21-20-11)9-12-4-6-13(7-5-12)22-10-15-14(17(22)23)3-2-8-18-15/h2-8H,9-10H2,1H3,(H,19,20,21). The molecule has 114 valence electrons. The topological polar surface area (TPSA) is 74.8 Å². The molecular formula is C17H15N5O. The highest BCUT2D eigenvalue weighted by atomic mass is 16.2. The van der Waals surface area contributed by atoms with Gasteiger partial charge in [-0.05, 0) is 36.8 Å². The fraction of sp³-hybridized carbons (Fsp3) is 0.176. The lowest BCUT2D eigenvalue weighted by Crippen LogP contribution is -2.22. The summed E-state index contributed by atoms with van der Waals surface area (Å²) >= 11 is 0. The summed E-state index contributed by atoms with van der Waals surface area (Å²) in [5.41, 5.74) is 3.50. The normalized spacial score (nSPS) is 13.4. The number of pyridine rings is 1. The maximum absolute atomic E-state index is 12.4. The van der Waals surface area contributed by atoms with Crippen molar-refractivity contribution in [2.24, 2.45) is 0 Å². The Balaban J connectivity index is 1.54. The number of benzene rings is 1. The second-order valence-electron chi connectivity index (χ2n) is 5.57. The minimum absolute atomic E-state index is 0.00504. The summed E-state index contributed by atoms with van der Waals surface area (Å²) < 4.78 is 0. The number of nitrogens with one attached hydrogen (secondary N) is 1. The summed E-state index contributed by atoms with van der Waals surface area (Å²) in [5, 5.41) is 6.98. The Morgan fingerprint density at radius 3 is 2.74 bits per heavy atom. The molecule has 2 aromatic heterocycles. The van der Waals surface area contributed by atoms with E-state index in [0.717, 1.165) is 28.6 Å². The maximum atomic E-state index is 12.4. The van der Waals surface area contributed by atoms with Crippen molar-refractivity contribution in [3.8, 4) is 0 Å². The lowest BCUT2D eigenvalue weighted by Gasteiger charge is -2.15. The minimum atomic E-state index is 0.00504. The number of hydrogen-bond donors (Lipinski definition) is 1. The summed E-state index contributed by atoms with van der Waals surface area (Å²) in [4.78, 5) is 22.8. The smallest absolute Gasteiger partial charge is 0.260 e. The summed E-state index contributed by atoms with van der Waals surface area (Å²) in [5.74, 6) is 1.58. The summed E-state index contributed by atoms with van der Waals surface area (Å²) in [6.45, 7) is 2.40. The van der Waals surface area contributed by atoms with Crippen molar-refractivity contribution in [1.29, 1.82) is 0 Å². The Bertz CT molecular complexity index is 869. The molecule has 0 spiro atoms. The molecule has 6 heteroatoms. The highest BCUT2D eigenvalue weighted by molar-refractivity contribution is 6.09. The van der Waals surface area contributed by atoms with Crippen LogP contribution in [0.3, 0.4) is 0 Å². The summed E-state index contributed by atoms with van der Waals surface area (Å²) in [6, 6.07) is 11.5. The van der Waals surface area contributed by atoms with E-state index >= 15 is 0 Å². The van der Waals surface area contributed by atoms with Crippen molar-refractivity contribution < 1.29 is 4.79 Å². The van der Waals surface area contributed by atoms with Crippen LogP contribution in [0.1, 0.15) is 33.3 Å². The summed E-state index contributed by atoms with van der Waals surface area (Å²) in [7, 11) is 0. The zero-order valence-corrected chi connectivity index (χ0v) is 12.7. The van der Waals surface area contributed by atoms with Gasteiger partial charge in [0.25, 0.3) is 5.91 Å². The van der Waals surface area contributed by atoms with Gasteiger partial charge in [-0.2, -0.15) is 5.10 Å². The first-order valence-corrected chi connectivity index (χ1v) is 7.43. The molecule has 0 atom stereocenters. The van der Waals surface area contributed by atoms with Crippen LogP contribution in [0.25, 0.3) is 0 Å². The Kier molecular flexibility index (Phi) is 3.15. The largest absolute Gasteiger partial charge is 0.302 e. The first kappa shape index (κ1) is 13.6. The van der Waals surface area contributed by atoms with E-state index in [2.05, 4.69) is 20.2 Å². The number of fused-ring (bicyclic) bond motifs is 1. The van der Waals surface area contributed by atoms with Gasteiger partial charge in [0, 0.05) is 18.3 Å². The molecule has 0 unspecified atom stereocenters. The summed E-state index contributed by atoms with van der Waals surface area (Å²) in [6.07, 6.45) is 2.39. The molecule has 1 aliphatic rings. The molecule has 0 radical (unpaired) electrons. The fourth-order valence-corrected chi connectivity index (χ4v) is 2.78. The Morgan fingerprint density at radius 2 is 2.04 bits per heavy atom. The maximum Gasteiger partial charge on any atom is 0.260 e. The quantitative estimate of drug-likeness (QED) is 0.805. The highest BCUT2D eigenvalue weighted by Gasteiger charge is 2.29. The number of aromatic nitrogens is 4. The van der Waals surface area contributed by atoms with E-state index in [1.54, 1.807) is 17.2 Å². The monoisotopic (exact) mass is 305 g/mol. The lowest BCUT2D eigenvalue weighted by molar-refractivity contribution is 0.0996. The molecule has 1 N–H and O–H groups in total. The Hall–Kier alpha value is -3.02. The molecule has 4 rings (SSSR count). The van der Waals surface area contributed by atoms with E-state index < -0.39 is 0 Å². The van der Waals surface area contributed by atoms with Crippen LogP contribution in [0.2, 0.25) is 0 Å². The van der Waals surface area contributed by atoms with Crippen molar-refractivity contribution in [2.75, 3.05) is 4.90 Å². The van der Waals surface area contributed by atoms with E-state index in [4.69, 9.17) is 0 Å². The predicted molar refractivity (Wildman–Crippen MR) is 85.1 cm³/mol. The van der Waals surface area contributed by atoms with Gasteiger partial charge in [-0.3, -0.25) is 14.9 Å². The van der Waals surface area contributed by atoms with E-state index in [0.29, 0.717) is 18.5 Å². The molecule has 3 heterocycles. The van der Waals surface area contributed by atoms with Crippen LogP contribution in [0.4, 0.5) is 5.69 Å². The van der Waals surface area contributed by atoms with Gasteiger partial charge in [0.15, 0.2) is 5.82 Å². The van der Waals surface area contributed by atoms with E-state index in [9.17, 15) is 4.79 Å². The third kappa shape index (κ3) is 2.48. The van der Waals surface area contributed by atoms with E-state index in [1.165, 1.54) is 0 Å². The average Bonchev–Trinajstić information content (AvgIpc) is 3.12. The Morgan fingerprint density at radius 1 is 1.22 bits per heavy atom. The molecule has 0 saturated heterocycles. The van der Waals surface area contributed by atoms with Crippen LogP contribution in [0.15, 0.2) is 42.6 Å². The zero-order valence-electron chi connectivity index (χ0n) is 12.7. The molecule has 0 bridgehead atoms. The van der Waals surface area contributed by atoms with Gasteiger partial charge in [-0.15, -0.1) is 0 Å². The predicted octanol–water partition coefficient (Wildman–Crippen LogP) is 2.26. The first-order valence-electron chi connectivity index (χ1n) is 7.43. The minimum Gasteiger partial charge on any atom is -0.302 e. The van der Waals surface area contributed by atoms with E-state index in [-0.39, 0.29) is 5.91 Å². The molecule has 0 fully saturated rings. The van der Waals surface area contributed by atoms with Crippen LogP contribution in [0.5, 0.6) is 0 Å². The van der Waals surface area contributed by atoms with Gasteiger partial charge in [-0.25, -0.2) is 4.98 Å². The molecule has 1 amide bonds. The average molecular weight is 305 g/mol. The zero-order chi connectivity index (χ0) is 15.8. The number of amides is 1. The third-order valence-electron chi connectivity index (χ3n) is 3.93. The number of rotatable bonds is 3. The van der Waals surface area contributed by atoms with Crippen molar-refractivity contribution in [2.45, 2.75) is 19.9 Å². The van der Waals surface area contributed by atoms with Crippen molar-refractivity contribution in [3.05, 3.63) is 71.1 Å². The van der Waals surface area contributed by atoms with Crippen LogP contribution in [-0.4, -0.2) is 26.1 Å². The highest BCUT2D eigenvalue weighted by Crippen LogP contribution is 2.27. The van der Waals surface area contributed by atoms with Crippen LogP contribution >= 0.6 is 0 Å². The number of nitrogens with zero attached hydrogens (tertiary/aromatic N) is 4. The van der Waals surface area contributed by atoms with Crippen molar-refractivity contribution in [1.82, 2.24) is 20.2 Å². The molecule has 23 heavy (non-hydrogen) atoms. The second-order valence-corrected chi connectivity index (χ2v) is 5.57. The van der Waals surface area contributed by atoms with Crippen molar-refractivity contribution in [3.63, 3.8) is 0 Å². The number of aryl methyl sites for hydroxylation is 1. The molecule has 1 aliphatic heterocycles. The first-order chi connectivity index (χ1) is 11.2. The third-order valence-corrected chi connectivity index (χ3v) is 3.93. The van der Waals surface area contributed by atoms with Gasteiger partial charge in [0.05, 0.1) is 17.8 Å².